The summed E-state index contributed by atoms with van der Waals surface area (Å²) in [5, 5.41) is 0. The molecule has 0 N–H and O–H groups in total. The molecule has 1 rings (SSSR count). The summed E-state index contributed by atoms with van der Waals surface area (Å²) < 4.78 is 17.8. The number of amides is 1. The van der Waals surface area contributed by atoms with Crippen LogP contribution in [-0.4, -0.2) is 42.6 Å². The lowest BCUT2D eigenvalue weighted by Crippen LogP contribution is -2.34. The number of carbonyl (C=O) groups excluding carboxylic acids is 1. The van der Waals surface area contributed by atoms with Crippen LogP contribution >= 0.6 is 0 Å². The van der Waals surface area contributed by atoms with E-state index in [0.29, 0.717) is 19.7 Å². The van der Waals surface area contributed by atoms with Gasteiger partial charge in [0.1, 0.15) is 5.69 Å². The minimum Gasteiger partial charge on any atom is -0.383 e. The van der Waals surface area contributed by atoms with Gasteiger partial charge in [-0.05, 0) is 12.1 Å². The predicted octanol–water partition coefficient (Wildman–Crippen LogP) is 1.50. The minimum atomic E-state index is -0.666. The average molecular weight is 238 g/mol. The Bertz CT molecular complexity index is 396. The molecule has 0 spiro atoms. The lowest BCUT2D eigenvalue weighted by molar-refractivity contribution is 0.0711. The molecule has 0 saturated carbocycles. The van der Waals surface area contributed by atoms with Crippen LogP contribution < -0.4 is 0 Å². The molecule has 17 heavy (non-hydrogen) atoms. The topological polar surface area (TPSA) is 42.4 Å². The van der Waals surface area contributed by atoms with Gasteiger partial charge < -0.3 is 9.64 Å². The third-order valence-corrected chi connectivity index (χ3v) is 2.14. The largest absolute Gasteiger partial charge is 0.383 e. The Labute approximate surface area is 99.7 Å². The maximum atomic E-state index is 12.9. The molecule has 0 bridgehead atoms. The summed E-state index contributed by atoms with van der Waals surface area (Å²) in [4.78, 5) is 17.0. The van der Waals surface area contributed by atoms with Crippen molar-refractivity contribution in [2.24, 2.45) is 0 Å². The van der Waals surface area contributed by atoms with Gasteiger partial charge >= 0.3 is 0 Å². The molecule has 1 heterocycles. The fourth-order valence-corrected chi connectivity index (χ4v) is 1.32. The van der Waals surface area contributed by atoms with E-state index in [1.54, 1.807) is 13.2 Å². The van der Waals surface area contributed by atoms with Gasteiger partial charge in [-0.1, -0.05) is 12.1 Å². The first-order valence-electron chi connectivity index (χ1n) is 5.20. The molecule has 0 fully saturated rings. The fraction of sp³-hybridized carbons (Fsp3) is 0.333. The summed E-state index contributed by atoms with van der Waals surface area (Å²) in [6, 6.07) is 4.13. The van der Waals surface area contributed by atoms with Crippen molar-refractivity contribution in [2.45, 2.75) is 0 Å². The van der Waals surface area contributed by atoms with E-state index in [-0.39, 0.29) is 11.6 Å². The molecule has 0 aromatic carbocycles. The second-order valence-electron chi connectivity index (χ2n) is 3.38. The molecule has 4 nitrogen and oxygen atoms in total. The molecule has 1 amide bonds. The SMILES string of the molecule is C=CCN(CCOC)C(=O)c1cccc(F)n1. The standard InChI is InChI=1S/C12H15FN2O2/c1-3-7-15(8-9-17-2)12(16)10-5-4-6-11(13)14-10/h3-6H,1,7-9H2,2H3. The molecule has 1 aromatic heterocycles. The molecule has 1 aromatic rings. The van der Waals surface area contributed by atoms with Gasteiger partial charge in [-0.15, -0.1) is 6.58 Å². The van der Waals surface area contributed by atoms with Gasteiger partial charge in [0.25, 0.3) is 5.91 Å². The van der Waals surface area contributed by atoms with E-state index in [9.17, 15) is 9.18 Å². The van der Waals surface area contributed by atoms with Crippen molar-refractivity contribution in [1.29, 1.82) is 0 Å². The molecule has 0 aliphatic rings. The molecule has 0 aliphatic heterocycles. The van der Waals surface area contributed by atoms with Crippen LogP contribution in [0.25, 0.3) is 0 Å². The summed E-state index contributed by atoms with van der Waals surface area (Å²) in [7, 11) is 1.55. The smallest absolute Gasteiger partial charge is 0.272 e. The zero-order chi connectivity index (χ0) is 12.7. The third kappa shape index (κ3) is 3.96. The number of rotatable bonds is 6. The highest BCUT2D eigenvalue weighted by Gasteiger charge is 2.15. The summed E-state index contributed by atoms with van der Waals surface area (Å²) in [5.41, 5.74) is 0.0861. The monoisotopic (exact) mass is 238 g/mol. The molecule has 0 saturated heterocycles. The highest BCUT2D eigenvalue weighted by atomic mass is 19.1. The second kappa shape index (κ2) is 6.75. The van der Waals surface area contributed by atoms with E-state index in [2.05, 4.69) is 11.6 Å². The van der Waals surface area contributed by atoms with Gasteiger partial charge in [-0.25, -0.2) is 4.98 Å². The number of ether oxygens (including phenoxy) is 1. The first-order valence-corrected chi connectivity index (χ1v) is 5.20. The summed E-state index contributed by atoms with van der Waals surface area (Å²) in [6.45, 7) is 4.78. The zero-order valence-corrected chi connectivity index (χ0v) is 9.73. The van der Waals surface area contributed by atoms with E-state index in [0.717, 1.165) is 0 Å². The lowest BCUT2D eigenvalue weighted by atomic mass is 10.3. The van der Waals surface area contributed by atoms with Crippen molar-refractivity contribution in [3.8, 4) is 0 Å². The van der Waals surface area contributed by atoms with Crippen molar-refractivity contribution >= 4 is 5.91 Å². The Morgan fingerprint density at radius 2 is 2.41 bits per heavy atom. The van der Waals surface area contributed by atoms with Gasteiger partial charge in [0, 0.05) is 20.2 Å². The van der Waals surface area contributed by atoms with Gasteiger partial charge in [0.2, 0.25) is 5.95 Å². The van der Waals surface area contributed by atoms with Crippen LogP contribution in [0.3, 0.4) is 0 Å². The Kier molecular flexibility index (Phi) is 5.29. The maximum Gasteiger partial charge on any atom is 0.272 e. The molecular formula is C12H15FN2O2. The third-order valence-electron chi connectivity index (χ3n) is 2.14. The van der Waals surface area contributed by atoms with Crippen LogP contribution in [0.5, 0.6) is 0 Å². The first kappa shape index (κ1) is 13.3. The first-order chi connectivity index (χ1) is 8.19. The quantitative estimate of drug-likeness (QED) is 0.557. The second-order valence-corrected chi connectivity index (χ2v) is 3.38. The summed E-state index contributed by atoms with van der Waals surface area (Å²) >= 11 is 0. The molecule has 0 atom stereocenters. The van der Waals surface area contributed by atoms with E-state index < -0.39 is 5.95 Å². The van der Waals surface area contributed by atoms with E-state index in [4.69, 9.17) is 4.74 Å². The molecule has 5 heteroatoms. The average Bonchev–Trinajstić information content (AvgIpc) is 2.33. The van der Waals surface area contributed by atoms with Gasteiger partial charge in [0.15, 0.2) is 0 Å². The number of halogens is 1. The van der Waals surface area contributed by atoms with E-state index >= 15 is 0 Å². The normalized spacial score (nSPS) is 10.0. The van der Waals surface area contributed by atoms with E-state index in [1.165, 1.54) is 23.1 Å². The zero-order valence-electron chi connectivity index (χ0n) is 9.73. The van der Waals surface area contributed by atoms with Crippen molar-refractivity contribution in [3.05, 3.63) is 42.5 Å². The number of hydrogen-bond donors (Lipinski definition) is 0. The number of aromatic nitrogens is 1. The van der Waals surface area contributed by atoms with Crippen LogP contribution in [-0.2, 0) is 4.74 Å². The van der Waals surface area contributed by atoms with Gasteiger partial charge in [0.05, 0.1) is 6.61 Å². The minimum absolute atomic E-state index is 0.0861. The Balaban J connectivity index is 2.79. The Morgan fingerprint density at radius 3 is 3.00 bits per heavy atom. The predicted molar refractivity (Wildman–Crippen MR) is 62.2 cm³/mol. The molecular weight excluding hydrogens is 223 g/mol. The highest BCUT2D eigenvalue weighted by Crippen LogP contribution is 2.03. The number of nitrogens with zero attached hydrogens (tertiary/aromatic N) is 2. The van der Waals surface area contributed by atoms with Crippen LogP contribution in [0.1, 0.15) is 10.5 Å². The lowest BCUT2D eigenvalue weighted by Gasteiger charge is -2.20. The molecule has 0 radical (unpaired) electrons. The van der Waals surface area contributed by atoms with Crippen LogP contribution in [0.4, 0.5) is 4.39 Å². The number of carbonyl (C=O) groups is 1. The van der Waals surface area contributed by atoms with Crippen LogP contribution in [0.2, 0.25) is 0 Å². The Morgan fingerprint density at radius 1 is 1.65 bits per heavy atom. The Hall–Kier alpha value is -1.75. The van der Waals surface area contributed by atoms with E-state index in [1.807, 2.05) is 0 Å². The van der Waals surface area contributed by atoms with Gasteiger partial charge in [-0.2, -0.15) is 4.39 Å². The van der Waals surface area contributed by atoms with Crippen molar-refractivity contribution < 1.29 is 13.9 Å². The summed E-state index contributed by atoms with van der Waals surface area (Å²) in [6.07, 6.45) is 1.60. The summed E-state index contributed by atoms with van der Waals surface area (Å²) in [5.74, 6) is -0.998. The van der Waals surface area contributed by atoms with Crippen LogP contribution in [0.15, 0.2) is 30.9 Å². The molecule has 92 valence electrons. The number of methoxy groups -OCH3 is 1. The van der Waals surface area contributed by atoms with Crippen molar-refractivity contribution in [1.82, 2.24) is 9.88 Å². The molecule has 0 unspecified atom stereocenters. The van der Waals surface area contributed by atoms with Gasteiger partial charge in [-0.3, -0.25) is 4.79 Å². The van der Waals surface area contributed by atoms with Crippen molar-refractivity contribution in [3.63, 3.8) is 0 Å². The number of hydrogen-bond acceptors (Lipinski definition) is 3. The highest BCUT2D eigenvalue weighted by molar-refractivity contribution is 5.92. The molecule has 0 aliphatic carbocycles. The fourth-order valence-electron chi connectivity index (χ4n) is 1.32. The van der Waals surface area contributed by atoms with Crippen molar-refractivity contribution in [2.75, 3.05) is 26.8 Å². The maximum absolute atomic E-state index is 12.9. The number of pyridine rings is 1. The van der Waals surface area contributed by atoms with Crippen LogP contribution in [0, 0.1) is 5.95 Å².